The van der Waals surface area contributed by atoms with Gasteiger partial charge in [0.1, 0.15) is 0 Å². The molecular formula is C11H17NS2. The lowest BCUT2D eigenvalue weighted by Gasteiger charge is -2.11. The second-order valence-electron chi connectivity index (χ2n) is 3.85. The highest BCUT2D eigenvalue weighted by Crippen LogP contribution is 2.37. The number of hydrogen-bond donors (Lipinski definition) is 1. The third-order valence-corrected chi connectivity index (χ3v) is 5.01. The molecule has 0 aliphatic carbocycles. The lowest BCUT2D eigenvalue weighted by Crippen LogP contribution is -2.24. The number of thiophene rings is 1. The SMILES string of the molecule is CCC1CSC(c2cc(C)sc2C)N1. The minimum atomic E-state index is 0.546. The number of thioether (sulfide) groups is 1. The van der Waals surface area contributed by atoms with Crippen LogP contribution in [0.2, 0.25) is 0 Å². The second kappa shape index (κ2) is 4.25. The van der Waals surface area contributed by atoms with Crippen LogP contribution >= 0.6 is 23.1 Å². The van der Waals surface area contributed by atoms with E-state index in [1.807, 2.05) is 11.3 Å². The first-order valence-electron chi connectivity index (χ1n) is 5.15. The fourth-order valence-electron chi connectivity index (χ4n) is 1.85. The summed E-state index contributed by atoms with van der Waals surface area (Å²) in [5.41, 5.74) is 1.51. The Hall–Kier alpha value is 0.01000. The fraction of sp³-hybridized carbons (Fsp3) is 0.636. The van der Waals surface area contributed by atoms with Gasteiger partial charge in [-0.1, -0.05) is 6.92 Å². The van der Waals surface area contributed by atoms with Crippen LogP contribution < -0.4 is 5.32 Å². The van der Waals surface area contributed by atoms with Crippen molar-refractivity contribution >= 4 is 23.1 Å². The minimum Gasteiger partial charge on any atom is -0.298 e. The molecule has 1 aliphatic rings. The molecule has 0 radical (unpaired) electrons. The van der Waals surface area contributed by atoms with E-state index in [1.165, 1.54) is 27.5 Å². The second-order valence-corrected chi connectivity index (χ2v) is 6.45. The molecule has 0 amide bonds. The molecule has 1 saturated heterocycles. The largest absolute Gasteiger partial charge is 0.298 e. The van der Waals surface area contributed by atoms with Crippen molar-refractivity contribution in [3.63, 3.8) is 0 Å². The molecule has 1 aliphatic heterocycles. The van der Waals surface area contributed by atoms with E-state index in [-0.39, 0.29) is 0 Å². The summed E-state index contributed by atoms with van der Waals surface area (Å²) in [5, 5.41) is 4.23. The van der Waals surface area contributed by atoms with E-state index in [9.17, 15) is 0 Å². The van der Waals surface area contributed by atoms with Gasteiger partial charge in [-0.25, -0.2) is 0 Å². The topological polar surface area (TPSA) is 12.0 Å². The molecule has 1 aromatic heterocycles. The summed E-state index contributed by atoms with van der Waals surface area (Å²) in [7, 11) is 0. The van der Waals surface area contributed by atoms with Crippen LogP contribution in [-0.2, 0) is 0 Å². The van der Waals surface area contributed by atoms with E-state index in [4.69, 9.17) is 0 Å². The normalized spacial score (nSPS) is 27.1. The van der Waals surface area contributed by atoms with E-state index in [2.05, 4.69) is 43.9 Å². The van der Waals surface area contributed by atoms with Crippen molar-refractivity contribution in [2.45, 2.75) is 38.6 Å². The van der Waals surface area contributed by atoms with Crippen molar-refractivity contribution in [2.24, 2.45) is 0 Å². The Morgan fingerprint density at radius 1 is 1.50 bits per heavy atom. The Bertz CT molecular complexity index is 319. The number of nitrogens with one attached hydrogen (secondary N) is 1. The highest BCUT2D eigenvalue weighted by Gasteiger charge is 2.25. The third kappa shape index (κ3) is 2.00. The summed E-state index contributed by atoms with van der Waals surface area (Å²) in [6.45, 7) is 6.68. The first-order chi connectivity index (χ1) is 6.70. The fourth-order valence-corrected chi connectivity index (χ4v) is 4.36. The van der Waals surface area contributed by atoms with Gasteiger partial charge < -0.3 is 0 Å². The van der Waals surface area contributed by atoms with Gasteiger partial charge in [-0.3, -0.25) is 5.32 Å². The van der Waals surface area contributed by atoms with Crippen LogP contribution in [0.3, 0.4) is 0 Å². The molecule has 2 heterocycles. The van der Waals surface area contributed by atoms with E-state index < -0.39 is 0 Å². The first kappa shape index (κ1) is 10.5. The maximum atomic E-state index is 3.68. The molecule has 1 aromatic rings. The zero-order valence-electron chi connectivity index (χ0n) is 8.96. The Kier molecular flexibility index (Phi) is 3.20. The standard InChI is InChI=1S/C11H17NS2/c1-4-9-6-13-11(12-9)10-5-7(2)14-8(10)3/h5,9,11-12H,4,6H2,1-3H3. The Morgan fingerprint density at radius 2 is 2.29 bits per heavy atom. The summed E-state index contributed by atoms with van der Waals surface area (Å²) >= 11 is 3.96. The number of aryl methyl sites for hydroxylation is 2. The first-order valence-corrected chi connectivity index (χ1v) is 7.01. The van der Waals surface area contributed by atoms with Crippen LogP contribution in [0.5, 0.6) is 0 Å². The molecule has 78 valence electrons. The maximum absolute atomic E-state index is 3.68. The van der Waals surface area contributed by atoms with Crippen LogP contribution in [0, 0.1) is 13.8 Å². The molecule has 1 nitrogen and oxygen atoms in total. The van der Waals surface area contributed by atoms with Crippen molar-refractivity contribution in [2.75, 3.05) is 5.75 Å². The van der Waals surface area contributed by atoms with E-state index in [1.54, 1.807) is 0 Å². The molecule has 3 heteroatoms. The van der Waals surface area contributed by atoms with Gasteiger partial charge in [0.25, 0.3) is 0 Å². The van der Waals surface area contributed by atoms with Gasteiger partial charge in [0.05, 0.1) is 5.37 Å². The molecule has 2 unspecified atom stereocenters. The summed E-state index contributed by atoms with van der Waals surface area (Å²) in [6, 6.07) is 3.05. The Morgan fingerprint density at radius 3 is 2.79 bits per heavy atom. The van der Waals surface area contributed by atoms with Gasteiger partial charge in [0.2, 0.25) is 0 Å². The molecule has 2 atom stereocenters. The summed E-state index contributed by atoms with van der Waals surface area (Å²) in [5.74, 6) is 1.26. The summed E-state index contributed by atoms with van der Waals surface area (Å²) in [6.07, 6.45) is 1.24. The monoisotopic (exact) mass is 227 g/mol. The van der Waals surface area contributed by atoms with Gasteiger partial charge in [0, 0.05) is 21.5 Å². The van der Waals surface area contributed by atoms with Crippen LogP contribution in [0.4, 0.5) is 0 Å². The van der Waals surface area contributed by atoms with E-state index in [0.29, 0.717) is 11.4 Å². The average Bonchev–Trinajstić information content (AvgIpc) is 2.71. The van der Waals surface area contributed by atoms with Crippen LogP contribution in [0.1, 0.15) is 34.0 Å². The zero-order valence-corrected chi connectivity index (χ0v) is 10.6. The predicted molar refractivity (Wildman–Crippen MR) is 66.2 cm³/mol. The van der Waals surface area contributed by atoms with Gasteiger partial charge in [-0.05, 0) is 31.9 Å². The smallest absolute Gasteiger partial charge is 0.0803 e. The molecule has 14 heavy (non-hydrogen) atoms. The molecule has 0 spiro atoms. The third-order valence-electron chi connectivity index (χ3n) is 2.71. The van der Waals surface area contributed by atoms with Gasteiger partial charge in [-0.15, -0.1) is 23.1 Å². The van der Waals surface area contributed by atoms with Gasteiger partial charge >= 0.3 is 0 Å². The van der Waals surface area contributed by atoms with E-state index in [0.717, 1.165) is 0 Å². The number of hydrogen-bond acceptors (Lipinski definition) is 3. The minimum absolute atomic E-state index is 0.546. The van der Waals surface area contributed by atoms with Gasteiger partial charge in [-0.2, -0.15) is 0 Å². The van der Waals surface area contributed by atoms with Crippen LogP contribution in [0.15, 0.2) is 6.07 Å². The van der Waals surface area contributed by atoms with Crippen molar-refractivity contribution < 1.29 is 0 Å². The van der Waals surface area contributed by atoms with Crippen molar-refractivity contribution in [1.82, 2.24) is 5.32 Å². The maximum Gasteiger partial charge on any atom is 0.0803 e. The van der Waals surface area contributed by atoms with Crippen molar-refractivity contribution in [3.8, 4) is 0 Å². The predicted octanol–water partition coefficient (Wildman–Crippen LogP) is 3.48. The Balaban J connectivity index is 2.13. The zero-order chi connectivity index (χ0) is 10.1. The van der Waals surface area contributed by atoms with Crippen LogP contribution in [-0.4, -0.2) is 11.8 Å². The molecule has 0 saturated carbocycles. The quantitative estimate of drug-likeness (QED) is 0.830. The summed E-state index contributed by atoms with van der Waals surface area (Å²) in [4.78, 5) is 2.91. The lowest BCUT2D eigenvalue weighted by atomic mass is 10.2. The van der Waals surface area contributed by atoms with Gasteiger partial charge in [0.15, 0.2) is 0 Å². The molecule has 2 rings (SSSR count). The highest BCUT2D eigenvalue weighted by molar-refractivity contribution is 7.99. The van der Waals surface area contributed by atoms with E-state index >= 15 is 0 Å². The molecular weight excluding hydrogens is 210 g/mol. The van der Waals surface area contributed by atoms with Crippen LogP contribution in [0.25, 0.3) is 0 Å². The van der Waals surface area contributed by atoms with Crippen molar-refractivity contribution in [3.05, 3.63) is 21.4 Å². The molecule has 1 N–H and O–H groups in total. The number of rotatable bonds is 2. The van der Waals surface area contributed by atoms with Crippen molar-refractivity contribution in [1.29, 1.82) is 0 Å². The molecule has 1 fully saturated rings. The summed E-state index contributed by atoms with van der Waals surface area (Å²) < 4.78 is 0. The molecule has 0 bridgehead atoms. The Labute approximate surface area is 94.3 Å². The average molecular weight is 227 g/mol. The lowest BCUT2D eigenvalue weighted by molar-refractivity contribution is 0.561. The highest BCUT2D eigenvalue weighted by atomic mass is 32.2. The molecule has 0 aromatic carbocycles.